The summed E-state index contributed by atoms with van der Waals surface area (Å²) in [6.45, 7) is 5.89. The van der Waals surface area contributed by atoms with Gasteiger partial charge in [-0.1, -0.05) is 18.2 Å². The van der Waals surface area contributed by atoms with Crippen LogP contribution in [0.15, 0.2) is 53.3 Å². The lowest BCUT2D eigenvalue weighted by atomic mass is 10.2. The number of aromatic nitrogens is 2. The second kappa shape index (κ2) is 8.86. The third-order valence-electron chi connectivity index (χ3n) is 4.18. The van der Waals surface area contributed by atoms with Crippen LogP contribution in [0.25, 0.3) is 11.0 Å². The maximum atomic E-state index is 12.3. The normalized spacial score (nSPS) is 11.3. The van der Waals surface area contributed by atoms with Crippen molar-refractivity contribution in [3.63, 3.8) is 0 Å². The van der Waals surface area contributed by atoms with Gasteiger partial charge in [-0.3, -0.25) is 9.88 Å². The van der Waals surface area contributed by atoms with Crippen LogP contribution >= 0.6 is 0 Å². The number of amides is 1. The highest BCUT2D eigenvalue weighted by molar-refractivity contribution is 5.92. The molecule has 30 heavy (non-hydrogen) atoms. The van der Waals surface area contributed by atoms with Gasteiger partial charge in [-0.05, 0) is 57.5 Å². The van der Waals surface area contributed by atoms with Crippen molar-refractivity contribution in [2.75, 3.05) is 11.9 Å². The summed E-state index contributed by atoms with van der Waals surface area (Å²) in [6, 6.07) is 13.9. The van der Waals surface area contributed by atoms with Crippen LogP contribution in [0.4, 0.5) is 10.5 Å². The van der Waals surface area contributed by atoms with Crippen LogP contribution in [0.5, 0.6) is 0 Å². The van der Waals surface area contributed by atoms with E-state index in [9.17, 15) is 14.4 Å². The molecule has 2 aromatic carbocycles. The summed E-state index contributed by atoms with van der Waals surface area (Å²) < 4.78 is 12.1. The number of fused-ring (bicyclic) bond motifs is 1. The first-order chi connectivity index (χ1) is 14.2. The molecule has 8 heteroatoms. The van der Waals surface area contributed by atoms with Crippen LogP contribution in [0.2, 0.25) is 0 Å². The Hall–Kier alpha value is -3.55. The van der Waals surface area contributed by atoms with Gasteiger partial charge in [0.05, 0.1) is 23.2 Å². The highest BCUT2D eigenvalue weighted by Gasteiger charge is 2.17. The van der Waals surface area contributed by atoms with Crippen LogP contribution in [0, 0.1) is 0 Å². The standard InChI is InChI=1S/C22H25N3O5/c1-22(2,3)30-21(28)23-16-9-6-8-15(14-16)19(26)29-13-7-12-25-18-11-5-4-10-17(18)24-20(25)27/h4-6,8-11,14H,7,12-13H2,1-3H3,(H,23,28)(H,24,27). The molecule has 0 radical (unpaired) electrons. The van der Waals surface area contributed by atoms with E-state index in [-0.39, 0.29) is 12.3 Å². The van der Waals surface area contributed by atoms with Crippen LogP contribution in [-0.4, -0.2) is 33.8 Å². The topological polar surface area (TPSA) is 102 Å². The number of ether oxygens (including phenoxy) is 2. The number of hydrogen-bond donors (Lipinski definition) is 2. The number of imidazole rings is 1. The van der Waals surface area contributed by atoms with Gasteiger partial charge in [-0.25, -0.2) is 14.4 Å². The Kier molecular flexibility index (Phi) is 6.25. The molecule has 0 spiro atoms. The number of nitrogens with one attached hydrogen (secondary N) is 2. The number of anilines is 1. The molecule has 0 aliphatic heterocycles. The highest BCUT2D eigenvalue weighted by Crippen LogP contribution is 2.15. The number of aryl methyl sites for hydroxylation is 1. The molecule has 0 aliphatic carbocycles. The van der Waals surface area contributed by atoms with Crippen molar-refractivity contribution in [2.45, 2.75) is 39.3 Å². The Morgan fingerprint density at radius 2 is 1.87 bits per heavy atom. The molecular formula is C22H25N3O5. The fourth-order valence-corrected chi connectivity index (χ4v) is 2.95. The monoisotopic (exact) mass is 411 g/mol. The number of para-hydroxylation sites is 2. The van der Waals surface area contributed by atoms with Gasteiger partial charge in [0.2, 0.25) is 0 Å². The minimum absolute atomic E-state index is 0.161. The number of carbonyl (C=O) groups excluding carboxylic acids is 2. The first-order valence-electron chi connectivity index (χ1n) is 9.68. The molecule has 3 aromatic rings. The Labute approximate surface area is 173 Å². The molecule has 0 unspecified atom stereocenters. The summed E-state index contributed by atoms with van der Waals surface area (Å²) in [4.78, 5) is 39.0. The maximum Gasteiger partial charge on any atom is 0.412 e. The molecule has 8 nitrogen and oxygen atoms in total. The minimum atomic E-state index is -0.618. The molecular weight excluding hydrogens is 386 g/mol. The van der Waals surface area contributed by atoms with E-state index in [1.165, 1.54) is 6.07 Å². The first kappa shape index (κ1) is 21.2. The maximum absolute atomic E-state index is 12.3. The van der Waals surface area contributed by atoms with Crippen molar-refractivity contribution in [1.29, 1.82) is 0 Å². The number of H-pyrrole nitrogens is 1. The predicted octanol–water partition coefficient (Wildman–Crippen LogP) is 3.92. The van der Waals surface area contributed by atoms with E-state index >= 15 is 0 Å². The van der Waals surface area contributed by atoms with Gasteiger partial charge >= 0.3 is 17.8 Å². The first-order valence-corrected chi connectivity index (χ1v) is 9.68. The summed E-state index contributed by atoms with van der Waals surface area (Å²) in [5, 5.41) is 2.59. The lowest BCUT2D eigenvalue weighted by Crippen LogP contribution is -2.27. The number of esters is 1. The van der Waals surface area contributed by atoms with Crippen molar-refractivity contribution in [1.82, 2.24) is 9.55 Å². The number of aromatic amines is 1. The van der Waals surface area contributed by atoms with E-state index in [0.29, 0.717) is 24.2 Å². The number of benzene rings is 2. The van der Waals surface area contributed by atoms with Crippen LogP contribution in [0.1, 0.15) is 37.6 Å². The molecule has 0 saturated carbocycles. The fraction of sp³-hybridized carbons (Fsp3) is 0.318. The van der Waals surface area contributed by atoms with E-state index in [1.807, 2.05) is 24.3 Å². The number of carbonyl (C=O) groups is 2. The molecule has 158 valence electrons. The molecule has 1 heterocycles. The average molecular weight is 411 g/mol. The summed E-state index contributed by atoms with van der Waals surface area (Å²) in [6.07, 6.45) is -0.110. The smallest absolute Gasteiger partial charge is 0.412 e. The fourth-order valence-electron chi connectivity index (χ4n) is 2.95. The van der Waals surface area contributed by atoms with E-state index in [1.54, 1.807) is 43.5 Å². The number of nitrogens with zero attached hydrogens (tertiary/aromatic N) is 1. The highest BCUT2D eigenvalue weighted by atomic mass is 16.6. The van der Waals surface area contributed by atoms with Gasteiger partial charge in [0, 0.05) is 12.2 Å². The summed E-state index contributed by atoms with van der Waals surface area (Å²) >= 11 is 0. The van der Waals surface area contributed by atoms with Gasteiger partial charge in [0.15, 0.2) is 0 Å². The van der Waals surface area contributed by atoms with E-state index in [2.05, 4.69) is 10.3 Å². The molecule has 0 atom stereocenters. The quantitative estimate of drug-likeness (QED) is 0.473. The van der Waals surface area contributed by atoms with Crippen molar-refractivity contribution in [3.05, 3.63) is 64.6 Å². The van der Waals surface area contributed by atoms with Crippen molar-refractivity contribution in [3.8, 4) is 0 Å². The lowest BCUT2D eigenvalue weighted by molar-refractivity contribution is 0.0495. The second-order valence-electron chi connectivity index (χ2n) is 7.80. The third-order valence-corrected chi connectivity index (χ3v) is 4.18. The van der Waals surface area contributed by atoms with Crippen LogP contribution in [-0.2, 0) is 16.0 Å². The average Bonchev–Trinajstić information content (AvgIpc) is 2.99. The lowest BCUT2D eigenvalue weighted by Gasteiger charge is -2.19. The Balaban J connectivity index is 1.53. The van der Waals surface area contributed by atoms with Crippen LogP contribution in [0.3, 0.4) is 0 Å². The molecule has 0 saturated heterocycles. The van der Waals surface area contributed by atoms with Crippen molar-refractivity contribution < 1.29 is 19.1 Å². The second-order valence-corrected chi connectivity index (χ2v) is 7.80. The minimum Gasteiger partial charge on any atom is -0.462 e. The van der Waals surface area contributed by atoms with Crippen LogP contribution < -0.4 is 11.0 Å². The zero-order valence-corrected chi connectivity index (χ0v) is 17.2. The molecule has 0 fully saturated rings. The zero-order chi connectivity index (χ0) is 21.7. The molecule has 1 aromatic heterocycles. The predicted molar refractivity (Wildman–Crippen MR) is 114 cm³/mol. The van der Waals surface area contributed by atoms with Crippen molar-refractivity contribution >= 4 is 28.8 Å². The van der Waals surface area contributed by atoms with Crippen molar-refractivity contribution in [2.24, 2.45) is 0 Å². The number of rotatable bonds is 6. The van der Waals surface area contributed by atoms with E-state index in [4.69, 9.17) is 9.47 Å². The molecule has 2 N–H and O–H groups in total. The summed E-state index contributed by atoms with van der Waals surface area (Å²) in [5.41, 5.74) is 1.52. The molecule has 0 aliphatic rings. The SMILES string of the molecule is CC(C)(C)OC(=O)Nc1cccc(C(=O)OCCCn2c(=O)[nH]c3ccccc32)c1. The summed E-state index contributed by atoms with van der Waals surface area (Å²) in [7, 11) is 0. The third kappa shape index (κ3) is 5.50. The van der Waals surface area contributed by atoms with Gasteiger partial charge < -0.3 is 14.5 Å². The van der Waals surface area contributed by atoms with E-state index < -0.39 is 17.7 Å². The number of hydrogen-bond acceptors (Lipinski definition) is 5. The molecule has 3 rings (SSSR count). The largest absolute Gasteiger partial charge is 0.462 e. The van der Waals surface area contributed by atoms with Gasteiger partial charge in [0.25, 0.3) is 0 Å². The molecule has 1 amide bonds. The Bertz CT molecular complexity index is 1110. The van der Waals surface area contributed by atoms with Gasteiger partial charge in [-0.15, -0.1) is 0 Å². The Morgan fingerprint density at radius 1 is 1.10 bits per heavy atom. The van der Waals surface area contributed by atoms with E-state index in [0.717, 1.165) is 11.0 Å². The van der Waals surface area contributed by atoms with Gasteiger partial charge in [-0.2, -0.15) is 0 Å². The zero-order valence-electron chi connectivity index (χ0n) is 17.2. The Morgan fingerprint density at radius 3 is 2.63 bits per heavy atom. The summed E-state index contributed by atoms with van der Waals surface area (Å²) in [5.74, 6) is -0.505. The molecule has 0 bridgehead atoms. The van der Waals surface area contributed by atoms with Gasteiger partial charge in [0.1, 0.15) is 5.60 Å².